The largest absolute Gasteiger partial charge is 0.409 e. The van der Waals surface area contributed by atoms with Gasteiger partial charge in [-0.05, 0) is 18.7 Å². The molecular weight excluding hydrogens is 204 g/mol. The molecule has 0 fully saturated rings. The molecule has 0 aromatic carbocycles. The molecule has 1 rings (SSSR count). The third kappa shape index (κ3) is 4.27. The first-order chi connectivity index (χ1) is 7.76. The van der Waals surface area contributed by atoms with E-state index in [4.69, 9.17) is 10.9 Å². The van der Waals surface area contributed by atoms with Crippen molar-refractivity contribution in [1.29, 1.82) is 0 Å². The second-order valence-corrected chi connectivity index (χ2v) is 3.53. The van der Waals surface area contributed by atoms with Crippen LogP contribution in [0.25, 0.3) is 0 Å². The molecule has 0 saturated carbocycles. The van der Waals surface area contributed by atoms with Gasteiger partial charge in [-0.25, -0.2) is 0 Å². The fourth-order valence-corrected chi connectivity index (χ4v) is 1.43. The van der Waals surface area contributed by atoms with Gasteiger partial charge in [0.2, 0.25) is 0 Å². The third-order valence-electron chi connectivity index (χ3n) is 2.37. The summed E-state index contributed by atoms with van der Waals surface area (Å²) in [4.78, 5) is 6.35. The highest BCUT2D eigenvalue weighted by Gasteiger charge is 2.05. The van der Waals surface area contributed by atoms with Gasteiger partial charge < -0.3 is 10.9 Å². The Morgan fingerprint density at radius 3 is 2.94 bits per heavy atom. The highest BCUT2D eigenvalue weighted by molar-refractivity contribution is 5.81. The van der Waals surface area contributed by atoms with E-state index in [0.29, 0.717) is 6.54 Å². The van der Waals surface area contributed by atoms with Crippen LogP contribution in [0.5, 0.6) is 0 Å². The lowest BCUT2D eigenvalue weighted by Gasteiger charge is -2.18. The SMILES string of the molecule is CCN(CCc1ccccn1)CC(N)=NO. The molecule has 1 aromatic rings. The first-order valence-corrected chi connectivity index (χ1v) is 5.35. The summed E-state index contributed by atoms with van der Waals surface area (Å²) >= 11 is 0. The van der Waals surface area contributed by atoms with Crippen LogP contribution < -0.4 is 5.73 Å². The van der Waals surface area contributed by atoms with E-state index in [2.05, 4.69) is 15.0 Å². The predicted octanol–water partition coefficient (Wildman–Crippen LogP) is 0.692. The minimum Gasteiger partial charge on any atom is -0.409 e. The zero-order valence-corrected chi connectivity index (χ0v) is 9.50. The van der Waals surface area contributed by atoms with Crippen molar-refractivity contribution in [3.05, 3.63) is 30.1 Å². The molecule has 0 aliphatic carbocycles. The number of nitrogens with two attached hydrogens (primary N) is 1. The second kappa shape index (κ2) is 6.79. The molecular formula is C11H18N4O. The van der Waals surface area contributed by atoms with Gasteiger partial charge in [-0.2, -0.15) is 0 Å². The van der Waals surface area contributed by atoms with E-state index in [0.717, 1.165) is 25.2 Å². The predicted molar refractivity (Wildman–Crippen MR) is 63.5 cm³/mol. The molecule has 5 nitrogen and oxygen atoms in total. The Kier molecular flexibility index (Phi) is 5.28. The van der Waals surface area contributed by atoms with Crippen LogP contribution in [0.2, 0.25) is 0 Å². The molecule has 0 radical (unpaired) electrons. The van der Waals surface area contributed by atoms with Gasteiger partial charge in [0, 0.05) is 24.9 Å². The highest BCUT2D eigenvalue weighted by atomic mass is 16.4. The Bertz CT molecular complexity index is 326. The fraction of sp³-hybridized carbons (Fsp3) is 0.455. The molecule has 1 aromatic heterocycles. The van der Waals surface area contributed by atoms with E-state index in [1.165, 1.54) is 0 Å². The number of amidine groups is 1. The fourth-order valence-electron chi connectivity index (χ4n) is 1.43. The molecule has 88 valence electrons. The number of oxime groups is 1. The number of rotatable bonds is 6. The molecule has 0 saturated heterocycles. The summed E-state index contributed by atoms with van der Waals surface area (Å²) in [6.45, 7) is 4.25. The third-order valence-corrected chi connectivity index (χ3v) is 2.37. The van der Waals surface area contributed by atoms with Crippen LogP contribution in [0.15, 0.2) is 29.6 Å². The molecule has 1 heterocycles. The van der Waals surface area contributed by atoms with Crippen LogP contribution in [0.3, 0.4) is 0 Å². The maximum Gasteiger partial charge on any atom is 0.153 e. The Morgan fingerprint density at radius 2 is 2.38 bits per heavy atom. The van der Waals surface area contributed by atoms with Crippen LogP contribution in [-0.2, 0) is 6.42 Å². The summed E-state index contributed by atoms with van der Waals surface area (Å²) < 4.78 is 0. The molecule has 5 heteroatoms. The lowest BCUT2D eigenvalue weighted by molar-refractivity contribution is 0.299. The highest BCUT2D eigenvalue weighted by Crippen LogP contribution is 1.97. The Morgan fingerprint density at radius 1 is 1.56 bits per heavy atom. The van der Waals surface area contributed by atoms with Crippen molar-refractivity contribution < 1.29 is 5.21 Å². The van der Waals surface area contributed by atoms with Crippen LogP contribution in [0, 0.1) is 0 Å². The summed E-state index contributed by atoms with van der Waals surface area (Å²) in [6, 6.07) is 5.87. The summed E-state index contributed by atoms with van der Waals surface area (Å²) in [6.07, 6.45) is 2.66. The number of hydrogen-bond donors (Lipinski definition) is 2. The number of pyridine rings is 1. The van der Waals surface area contributed by atoms with Gasteiger partial charge in [0.15, 0.2) is 5.84 Å². The van der Waals surface area contributed by atoms with Crippen molar-refractivity contribution in [3.8, 4) is 0 Å². The van der Waals surface area contributed by atoms with Gasteiger partial charge in [-0.3, -0.25) is 9.88 Å². The van der Waals surface area contributed by atoms with E-state index >= 15 is 0 Å². The number of likely N-dealkylation sites (N-methyl/N-ethyl adjacent to an activating group) is 1. The molecule has 0 atom stereocenters. The smallest absolute Gasteiger partial charge is 0.153 e. The normalized spacial score (nSPS) is 12.0. The summed E-state index contributed by atoms with van der Waals surface area (Å²) in [5.74, 6) is 0.239. The zero-order valence-electron chi connectivity index (χ0n) is 9.50. The monoisotopic (exact) mass is 222 g/mol. The number of nitrogens with zero attached hydrogens (tertiary/aromatic N) is 3. The van der Waals surface area contributed by atoms with E-state index in [1.807, 2.05) is 25.1 Å². The van der Waals surface area contributed by atoms with Gasteiger partial charge in [0.1, 0.15) is 0 Å². The van der Waals surface area contributed by atoms with Crippen molar-refractivity contribution in [2.75, 3.05) is 19.6 Å². The minimum absolute atomic E-state index is 0.239. The summed E-state index contributed by atoms with van der Waals surface area (Å²) in [7, 11) is 0. The van der Waals surface area contributed by atoms with Crippen LogP contribution in [-0.4, -0.2) is 40.6 Å². The number of hydrogen-bond acceptors (Lipinski definition) is 4. The Hall–Kier alpha value is -1.62. The minimum atomic E-state index is 0.239. The van der Waals surface area contributed by atoms with E-state index in [9.17, 15) is 0 Å². The Balaban J connectivity index is 2.40. The quantitative estimate of drug-likeness (QED) is 0.321. The maximum absolute atomic E-state index is 8.49. The molecule has 3 N–H and O–H groups in total. The Labute approximate surface area is 95.6 Å². The van der Waals surface area contributed by atoms with Gasteiger partial charge >= 0.3 is 0 Å². The van der Waals surface area contributed by atoms with Crippen molar-refractivity contribution >= 4 is 5.84 Å². The molecule has 0 spiro atoms. The first-order valence-electron chi connectivity index (χ1n) is 5.35. The maximum atomic E-state index is 8.49. The summed E-state index contributed by atoms with van der Waals surface area (Å²) in [5.41, 5.74) is 6.52. The van der Waals surface area contributed by atoms with Gasteiger partial charge in [-0.15, -0.1) is 0 Å². The van der Waals surface area contributed by atoms with E-state index in [-0.39, 0.29) is 5.84 Å². The van der Waals surface area contributed by atoms with Crippen molar-refractivity contribution in [2.45, 2.75) is 13.3 Å². The van der Waals surface area contributed by atoms with Gasteiger partial charge in [-0.1, -0.05) is 18.1 Å². The lowest BCUT2D eigenvalue weighted by Crippen LogP contribution is -2.35. The van der Waals surface area contributed by atoms with Crippen LogP contribution in [0.4, 0.5) is 0 Å². The molecule has 0 bridgehead atoms. The first kappa shape index (κ1) is 12.4. The molecule has 0 amide bonds. The molecule has 0 aliphatic rings. The van der Waals surface area contributed by atoms with Crippen molar-refractivity contribution in [1.82, 2.24) is 9.88 Å². The summed E-state index contributed by atoms with van der Waals surface area (Å²) in [5, 5.41) is 11.5. The van der Waals surface area contributed by atoms with E-state index < -0.39 is 0 Å². The molecule has 0 unspecified atom stereocenters. The molecule has 0 aliphatic heterocycles. The van der Waals surface area contributed by atoms with Gasteiger partial charge in [0.25, 0.3) is 0 Å². The topological polar surface area (TPSA) is 74.7 Å². The molecule has 16 heavy (non-hydrogen) atoms. The second-order valence-electron chi connectivity index (χ2n) is 3.53. The zero-order chi connectivity index (χ0) is 11.8. The van der Waals surface area contributed by atoms with Crippen molar-refractivity contribution in [2.24, 2.45) is 10.9 Å². The average Bonchev–Trinajstić information content (AvgIpc) is 2.35. The average molecular weight is 222 g/mol. The standard InChI is InChI=1S/C11H18N4O/c1-2-15(9-11(12)14-16)8-6-10-5-3-4-7-13-10/h3-5,7,16H,2,6,8-9H2,1H3,(H2,12,14). The van der Waals surface area contributed by atoms with Crippen LogP contribution >= 0.6 is 0 Å². The number of aromatic nitrogens is 1. The van der Waals surface area contributed by atoms with Crippen LogP contribution in [0.1, 0.15) is 12.6 Å². The van der Waals surface area contributed by atoms with Gasteiger partial charge in [0.05, 0.1) is 6.54 Å². The lowest BCUT2D eigenvalue weighted by atomic mass is 10.2. The van der Waals surface area contributed by atoms with Crippen molar-refractivity contribution in [3.63, 3.8) is 0 Å². The van der Waals surface area contributed by atoms with E-state index in [1.54, 1.807) is 6.20 Å².